The molecule has 5 heteroatoms. The lowest BCUT2D eigenvalue weighted by Gasteiger charge is -2.34. The van der Waals surface area contributed by atoms with Gasteiger partial charge in [-0.15, -0.1) is 0 Å². The van der Waals surface area contributed by atoms with E-state index < -0.39 is 11.5 Å². The molecule has 18 heavy (non-hydrogen) atoms. The summed E-state index contributed by atoms with van der Waals surface area (Å²) in [6.07, 6.45) is 1.92. The first kappa shape index (κ1) is 15.4. The second-order valence-corrected chi connectivity index (χ2v) is 5.19. The van der Waals surface area contributed by atoms with E-state index in [2.05, 4.69) is 16.7 Å². The van der Waals surface area contributed by atoms with Gasteiger partial charge < -0.3 is 20.6 Å². The Hall–Kier alpha value is -0.650. The van der Waals surface area contributed by atoms with Crippen molar-refractivity contribution in [3.05, 3.63) is 0 Å². The van der Waals surface area contributed by atoms with Crippen LogP contribution in [0.15, 0.2) is 0 Å². The number of rotatable bonds is 7. The molecule has 1 aliphatic rings. The summed E-state index contributed by atoms with van der Waals surface area (Å²) in [4.78, 5) is 15.9. The lowest BCUT2D eigenvalue weighted by Crippen LogP contribution is -2.49. The molecule has 5 nitrogen and oxygen atoms in total. The van der Waals surface area contributed by atoms with E-state index in [9.17, 15) is 4.79 Å². The van der Waals surface area contributed by atoms with Gasteiger partial charge in [0.05, 0.1) is 0 Å². The molecule has 0 aliphatic carbocycles. The van der Waals surface area contributed by atoms with Gasteiger partial charge in [-0.25, -0.2) is 0 Å². The minimum absolute atomic E-state index is 0.492. The minimum atomic E-state index is -1.04. The number of hydrogen-bond acceptors (Lipinski definition) is 4. The summed E-state index contributed by atoms with van der Waals surface area (Å²) in [5.74, 6) is -0.874. The molecule has 0 amide bonds. The molecule has 0 saturated carbocycles. The summed E-state index contributed by atoms with van der Waals surface area (Å²) in [5.41, 5.74) is 4.84. The Morgan fingerprint density at radius 3 is 2.22 bits per heavy atom. The minimum Gasteiger partial charge on any atom is -0.480 e. The molecule has 0 spiro atoms. The quantitative estimate of drug-likeness (QED) is 0.699. The lowest BCUT2D eigenvalue weighted by molar-refractivity contribution is -0.143. The Morgan fingerprint density at radius 1 is 1.22 bits per heavy atom. The zero-order valence-electron chi connectivity index (χ0n) is 11.7. The van der Waals surface area contributed by atoms with Gasteiger partial charge in [-0.3, -0.25) is 4.79 Å². The summed E-state index contributed by atoms with van der Waals surface area (Å²) in [5, 5.41) is 9.09. The largest absolute Gasteiger partial charge is 0.480 e. The van der Waals surface area contributed by atoms with Crippen molar-refractivity contribution < 1.29 is 9.90 Å². The van der Waals surface area contributed by atoms with Gasteiger partial charge in [0.1, 0.15) is 5.54 Å². The van der Waals surface area contributed by atoms with Crippen molar-refractivity contribution in [2.45, 2.75) is 38.6 Å². The van der Waals surface area contributed by atoms with E-state index in [4.69, 9.17) is 10.8 Å². The van der Waals surface area contributed by atoms with Crippen LogP contribution in [0, 0.1) is 0 Å². The lowest BCUT2D eigenvalue weighted by atomic mass is 9.92. The smallest absolute Gasteiger partial charge is 0.323 e. The first-order valence-corrected chi connectivity index (χ1v) is 6.99. The maximum absolute atomic E-state index is 11.1. The first-order chi connectivity index (χ1) is 8.51. The van der Waals surface area contributed by atoms with Crippen molar-refractivity contribution in [3.63, 3.8) is 0 Å². The SMILES string of the molecule is CCN1CCN(CCCC(N)(CC)C(=O)O)CC1. The molecule has 0 bridgehead atoms. The van der Waals surface area contributed by atoms with Gasteiger partial charge >= 0.3 is 5.97 Å². The van der Waals surface area contributed by atoms with Crippen molar-refractivity contribution in [3.8, 4) is 0 Å². The summed E-state index contributed by atoms with van der Waals surface area (Å²) < 4.78 is 0. The molecule has 0 aromatic rings. The molecule has 0 aromatic carbocycles. The Balaban J connectivity index is 2.24. The Morgan fingerprint density at radius 2 is 1.78 bits per heavy atom. The predicted molar refractivity (Wildman–Crippen MR) is 72.6 cm³/mol. The number of nitrogens with zero attached hydrogens (tertiary/aromatic N) is 2. The Labute approximate surface area is 110 Å². The molecule has 1 aliphatic heterocycles. The topological polar surface area (TPSA) is 69.8 Å². The average Bonchev–Trinajstić information content (AvgIpc) is 2.39. The number of piperazine rings is 1. The molecular weight excluding hydrogens is 230 g/mol. The molecule has 1 atom stereocenters. The van der Waals surface area contributed by atoms with Crippen molar-refractivity contribution in [1.82, 2.24) is 9.80 Å². The highest BCUT2D eigenvalue weighted by atomic mass is 16.4. The average molecular weight is 257 g/mol. The van der Waals surface area contributed by atoms with Gasteiger partial charge in [0.2, 0.25) is 0 Å². The van der Waals surface area contributed by atoms with E-state index >= 15 is 0 Å². The van der Waals surface area contributed by atoms with Crippen LogP contribution in [0.25, 0.3) is 0 Å². The van der Waals surface area contributed by atoms with E-state index in [1.54, 1.807) is 0 Å². The molecule has 1 unspecified atom stereocenters. The van der Waals surface area contributed by atoms with Crippen molar-refractivity contribution in [1.29, 1.82) is 0 Å². The number of carboxylic acid groups (broad SMARTS) is 1. The molecule has 3 N–H and O–H groups in total. The maximum atomic E-state index is 11.1. The van der Waals surface area contributed by atoms with Gasteiger partial charge in [-0.05, 0) is 32.4 Å². The molecule has 1 saturated heterocycles. The summed E-state index contributed by atoms with van der Waals surface area (Å²) in [6.45, 7) is 10.5. The van der Waals surface area contributed by atoms with Crippen LogP contribution in [0.1, 0.15) is 33.1 Å². The molecule has 1 fully saturated rings. The highest BCUT2D eigenvalue weighted by molar-refractivity contribution is 5.78. The molecule has 106 valence electrons. The van der Waals surface area contributed by atoms with Gasteiger partial charge in [-0.1, -0.05) is 13.8 Å². The normalized spacial score (nSPS) is 21.7. The summed E-state index contributed by atoms with van der Waals surface area (Å²) >= 11 is 0. The molecule has 0 radical (unpaired) electrons. The fourth-order valence-corrected chi connectivity index (χ4v) is 2.38. The molecule has 0 aromatic heterocycles. The number of nitrogens with two attached hydrogens (primary N) is 1. The van der Waals surface area contributed by atoms with E-state index in [0.29, 0.717) is 12.8 Å². The van der Waals surface area contributed by atoms with E-state index in [-0.39, 0.29) is 0 Å². The van der Waals surface area contributed by atoms with Gasteiger partial charge in [0.15, 0.2) is 0 Å². The third kappa shape index (κ3) is 4.23. The van der Waals surface area contributed by atoms with E-state index in [1.165, 1.54) is 0 Å². The zero-order chi connectivity index (χ0) is 13.6. The highest BCUT2D eigenvalue weighted by Gasteiger charge is 2.31. The number of hydrogen-bond donors (Lipinski definition) is 2. The third-order valence-electron chi connectivity index (χ3n) is 4.07. The van der Waals surface area contributed by atoms with Gasteiger partial charge in [-0.2, -0.15) is 0 Å². The van der Waals surface area contributed by atoms with Crippen LogP contribution in [-0.4, -0.2) is 65.7 Å². The van der Waals surface area contributed by atoms with Crippen molar-refractivity contribution in [2.24, 2.45) is 5.73 Å². The van der Waals surface area contributed by atoms with Crippen LogP contribution >= 0.6 is 0 Å². The second-order valence-electron chi connectivity index (χ2n) is 5.19. The number of likely N-dealkylation sites (N-methyl/N-ethyl adjacent to an activating group) is 1. The van der Waals surface area contributed by atoms with Crippen molar-refractivity contribution >= 4 is 5.97 Å². The number of carboxylic acids is 1. The predicted octanol–water partition coefficient (Wildman–Crippen LogP) is 0.596. The monoisotopic (exact) mass is 257 g/mol. The van der Waals surface area contributed by atoms with Crippen LogP contribution in [0.4, 0.5) is 0 Å². The summed E-state index contributed by atoms with van der Waals surface area (Å²) in [6, 6.07) is 0. The Bertz CT molecular complexity index is 265. The van der Waals surface area contributed by atoms with Gasteiger partial charge in [0.25, 0.3) is 0 Å². The van der Waals surface area contributed by atoms with E-state index in [1.807, 2.05) is 6.92 Å². The standard InChI is InChI=1S/C13H27N3O2/c1-3-13(14,12(17)18)6-5-7-16-10-8-15(4-2)9-11-16/h3-11,14H2,1-2H3,(H,17,18). The zero-order valence-corrected chi connectivity index (χ0v) is 11.7. The Kier molecular flexibility index (Phi) is 6.05. The third-order valence-corrected chi connectivity index (χ3v) is 4.07. The van der Waals surface area contributed by atoms with Crippen LogP contribution in [0.5, 0.6) is 0 Å². The van der Waals surface area contributed by atoms with Crippen LogP contribution in [0.2, 0.25) is 0 Å². The van der Waals surface area contributed by atoms with Crippen LogP contribution in [0.3, 0.4) is 0 Å². The molecular formula is C13H27N3O2. The first-order valence-electron chi connectivity index (χ1n) is 6.99. The fourth-order valence-electron chi connectivity index (χ4n) is 2.38. The fraction of sp³-hybridized carbons (Fsp3) is 0.923. The van der Waals surface area contributed by atoms with Crippen LogP contribution in [-0.2, 0) is 4.79 Å². The number of aliphatic carboxylic acids is 1. The maximum Gasteiger partial charge on any atom is 0.323 e. The number of carbonyl (C=O) groups is 1. The highest BCUT2D eigenvalue weighted by Crippen LogP contribution is 2.15. The van der Waals surface area contributed by atoms with E-state index in [0.717, 1.165) is 45.7 Å². The summed E-state index contributed by atoms with van der Waals surface area (Å²) in [7, 11) is 0. The van der Waals surface area contributed by atoms with Crippen LogP contribution < -0.4 is 5.73 Å². The van der Waals surface area contributed by atoms with Crippen molar-refractivity contribution in [2.75, 3.05) is 39.3 Å². The molecule has 1 heterocycles. The second kappa shape index (κ2) is 7.07. The van der Waals surface area contributed by atoms with Gasteiger partial charge in [0, 0.05) is 26.2 Å². The molecule has 1 rings (SSSR count).